The molecular weight excluding hydrogens is 416 g/mol. The molecule has 1 aromatic carbocycles. The van der Waals surface area contributed by atoms with E-state index < -0.39 is 5.97 Å². The summed E-state index contributed by atoms with van der Waals surface area (Å²) in [6.07, 6.45) is 0. The fraction of sp³-hybridized carbons (Fsp3) is 0.333. The lowest BCUT2D eigenvalue weighted by Gasteiger charge is -2.35. The van der Waals surface area contributed by atoms with Gasteiger partial charge in [0.15, 0.2) is 0 Å². The summed E-state index contributed by atoms with van der Waals surface area (Å²) in [7, 11) is 0. The van der Waals surface area contributed by atoms with E-state index in [4.69, 9.17) is 10.5 Å². The molecule has 31 heavy (non-hydrogen) atoms. The highest BCUT2D eigenvalue weighted by atomic mass is 32.1. The zero-order valence-corrected chi connectivity index (χ0v) is 18.2. The number of esters is 1. The lowest BCUT2D eigenvalue weighted by Crippen LogP contribution is -2.50. The molecule has 0 atom stereocenters. The van der Waals surface area contributed by atoms with Gasteiger partial charge in [-0.05, 0) is 25.5 Å². The van der Waals surface area contributed by atoms with Gasteiger partial charge in [0, 0.05) is 37.2 Å². The Morgan fingerprint density at radius 2 is 1.94 bits per heavy atom. The van der Waals surface area contributed by atoms with Crippen LogP contribution in [0.4, 0.5) is 22.2 Å². The van der Waals surface area contributed by atoms with Crippen molar-refractivity contribution in [1.82, 2.24) is 14.9 Å². The number of amides is 2. The molecule has 3 N–H and O–H groups in total. The van der Waals surface area contributed by atoms with Crippen molar-refractivity contribution in [1.29, 1.82) is 0 Å². The largest absolute Gasteiger partial charge is 0.462 e. The Morgan fingerprint density at radius 3 is 2.65 bits per heavy atom. The summed E-state index contributed by atoms with van der Waals surface area (Å²) in [5.74, 6) is 0.352. The maximum absolute atomic E-state index is 12.7. The number of carbonyl (C=O) groups excluding carboxylic acids is 2. The Kier molecular flexibility index (Phi) is 5.90. The van der Waals surface area contributed by atoms with Gasteiger partial charge >= 0.3 is 12.0 Å². The first kappa shape index (κ1) is 20.9. The van der Waals surface area contributed by atoms with E-state index in [1.165, 1.54) is 11.3 Å². The number of para-hydroxylation sites is 1. The molecule has 0 radical (unpaired) electrons. The number of thiophene rings is 1. The van der Waals surface area contributed by atoms with Crippen LogP contribution in [0.2, 0.25) is 0 Å². The third-order valence-corrected chi connectivity index (χ3v) is 6.05. The van der Waals surface area contributed by atoms with Gasteiger partial charge in [0.05, 0.1) is 17.6 Å². The normalized spacial score (nSPS) is 14.0. The Labute approximate surface area is 183 Å². The van der Waals surface area contributed by atoms with E-state index in [0.717, 1.165) is 11.3 Å². The van der Waals surface area contributed by atoms with Crippen molar-refractivity contribution in [3.05, 3.63) is 40.8 Å². The number of ether oxygens (including phenoxy) is 1. The highest BCUT2D eigenvalue weighted by Gasteiger charge is 2.27. The first-order chi connectivity index (χ1) is 15.0. The molecule has 0 aliphatic carbocycles. The van der Waals surface area contributed by atoms with Gasteiger partial charge < -0.3 is 25.6 Å². The molecule has 3 aromatic rings. The number of fused-ring (bicyclic) bond motifs is 1. The first-order valence-corrected chi connectivity index (χ1v) is 10.9. The van der Waals surface area contributed by atoms with Gasteiger partial charge in [-0.2, -0.15) is 4.98 Å². The standard InChI is InChI=1S/C21H24N6O3S/c1-3-30-19(28)14-12-31-18-16(14)17(24-20(22)25-18)26-8-10-27(11-9-26)21(29)23-15-7-5-4-6-13(15)2/h4-7,12H,3,8-11H2,1-2H3,(H,23,29)(H2,22,24,25). The molecule has 9 nitrogen and oxygen atoms in total. The molecule has 2 aromatic heterocycles. The molecule has 1 aliphatic heterocycles. The SMILES string of the molecule is CCOC(=O)c1csc2nc(N)nc(N3CCN(C(=O)Nc4ccccc4C)CC3)c12. The predicted octanol–water partition coefficient (Wildman–Crippen LogP) is 3.11. The van der Waals surface area contributed by atoms with Crippen LogP contribution in [0.5, 0.6) is 0 Å². The van der Waals surface area contributed by atoms with E-state index in [1.807, 2.05) is 36.1 Å². The second-order valence-corrected chi connectivity index (χ2v) is 8.03. The van der Waals surface area contributed by atoms with Crippen LogP contribution in [0.3, 0.4) is 0 Å². The molecule has 1 fully saturated rings. The van der Waals surface area contributed by atoms with Crippen molar-refractivity contribution in [2.24, 2.45) is 0 Å². The zero-order valence-electron chi connectivity index (χ0n) is 17.4. The predicted molar refractivity (Wildman–Crippen MR) is 122 cm³/mol. The van der Waals surface area contributed by atoms with Gasteiger partial charge in [0.2, 0.25) is 5.95 Å². The Bertz CT molecular complexity index is 1120. The Morgan fingerprint density at radius 1 is 1.19 bits per heavy atom. The van der Waals surface area contributed by atoms with Crippen LogP contribution in [0, 0.1) is 6.92 Å². The smallest absolute Gasteiger partial charge is 0.339 e. The number of hydrogen-bond acceptors (Lipinski definition) is 8. The molecule has 162 valence electrons. The van der Waals surface area contributed by atoms with Crippen molar-refractivity contribution in [3.8, 4) is 0 Å². The fourth-order valence-electron chi connectivity index (χ4n) is 3.56. The molecular formula is C21H24N6O3S. The fourth-order valence-corrected chi connectivity index (χ4v) is 4.47. The monoisotopic (exact) mass is 440 g/mol. The number of piperazine rings is 1. The van der Waals surface area contributed by atoms with Crippen LogP contribution in [0.15, 0.2) is 29.6 Å². The summed E-state index contributed by atoms with van der Waals surface area (Å²) in [5.41, 5.74) is 8.17. The van der Waals surface area contributed by atoms with Crippen molar-refractivity contribution in [2.45, 2.75) is 13.8 Å². The average molecular weight is 441 g/mol. The summed E-state index contributed by atoms with van der Waals surface area (Å²) in [4.78, 5) is 38.2. The van der Waals surface area contributed by atoms with Crippen LogP contribution in [-0.4, -0.2) is 59.7 Å². The minimum absolute atomic E-state index is 0.135. The van der Waals surface area contributed by atoms with E-state index in [-0.39, 0.29) is 18.6 Å². The number of benzene rings is 1. The number of aromatic nitrogens is 2. The number of hydrogen-bond donors (Lipinski definition) is 2. The molecule has 3 heterocycles. The summed E-state index contributed by atoms with van der Waals surface area (Å²) in [6, 6.07) is 7.54. The third-order valence-electron chi connectivity index (χ3n) is 5.18. The van der Waals surface area contributed by atoms with Crippen LogP contribution in [0.25, 0.3) is 10.2 Å². The lowest BCUT2D eigenvalue weighted by atomic mass is 10.2. The van der Waals surface area contributed by atoms with Gasteiger partial charge in [0.25, 0.3) is 0 Å². The maximum Gasteiger partial charge on any atom is 0.339 e. The number of anilines is 3. The summed E-state index contributed by atoms with van der Waals surface area (Å²) in [6.45, 7) is 6.17. The number of nitrogens with zero attached hydrogens (tertiary/aromatic N) is 4. The molecule has 2 amide bonds. The minimum Gasteiger partial charge on any atom is -0.462 e. The third kappa shape index (κ3) is 4.24. The molecule has 1 aliphatic rings. The Balaban J connectivity index is 1.52. The number of nitrogens with one attached hydrogen (secondary N) is 1. The number of nitrogens with two attached hydrogens (primary N) is 1. The van der Waals surface area contributed by atoms with E-state index in [2.05, 4.69) is 15.3 Å². The van der Waals surface area contributed by atoms with Crippen LogP contribution in [-0.2, 0) is 4.74 Å². The molecule has 10 heteroatoms. The summed E-state index contributed by atoms with van der Waals surface area (Å²) >= 11 is 1.34. The van der Waals surface area contributed by atoms with Gasteiger partial charge in [-0.25, -0.2) is 14.6 Å². The van der Waals surface area contributed by atoms with Crippen LogP contribution in [0.1, 0.15) is 22.8 Å². The summed E-state index contributed by atoms with van der Waals surface area (Å²) in [5, 5.41) is 5.35. The highest BCUT2D eigenvalue weighted by Crippen LogP contribution is 2.33. The van der Waals surface area contributed by atoms with Crippen molar-refractivity contribution in [2.75, 3.05) is 48.7 Å². The number of urea groups is 1. The van der Waals surface area contributed by atoms with E-state index in [1.54, 1.807) is 17.2 Å². The van der Waals surface area contributed by atoms with Crippen LogP contribution < -0.4 is 16.0 Å². The topological polar surface area (TPSA) is 114 Å². The van der Waals surface area contributed by atoms with Crippen molar-refractivity contribution >= 4 is 51.0 Å². The highest BCUT2D eigenvalue weighted by molar-refractivity contribution is 7.17. The van der Waals surface area contributed by atoms with E-state index in [9.17, 15) is 9.59 Å². The van der Waals surface area contributed by atoms with Crippen molar-refractivity contribution < 1.29 is 14.3 Å². The van der Waals surface area contributed by atoms with E-state index in [0.29, 0.717) is 47.8 Å². The molecule has 1 saturated heterocycles. The number of carbonyl (C=O) groups is 2. The second-order valence-electron chi connectivity index (χ2n) is 7.17. The zero-order chi connectivity index (χ0) is 22.0. The molecule has 0 unspecified atom stereocenters. The molecule has 0 bridgehead atoms. The van der Waals surface area contributed by atoms with Gasteiger partial charge in [0.1, 0.15) is 10.6 Å². The average Bonchev–Trinajstić information content (AvgIpc) is 3.19. The Hall–Kier alpha value is -3.40. The number of nitrogen functional groups attached to an aromatic ring is 1. The quantitative estimate of drug-likeness (QED) is 0.599. The number of aryl methyl sites for hydroxylation is 1. The molecule has 0 spiro atoms. The van der Waals surface area contributed by atoms with Gasteiger partial charge in [-0.1, -0.05) is 18.2 Å². The van der Waals surface area contributed by atoms with Gasteiger partial charge in [-0.15, -0.1) is 11.3 Å². The minimum atomic E-state index is -0.403. The first-order valence-electron chi connectivity index (χ1n) is 10.1. The van der Waals surface area contributed by atoms with Gasteiger partial charge in [-0.3, -0.25) is 0 Å². The molecule has 0 saturated carbocycles. The number of rotatable bonds is 4. The summed E-state index contributed by atoms with van der Waals surface area (Å²) < 4.78 is 5.18. The van der Waals surface area contributed by atoms with E-state index >= 15 is 0 Å². The maximum atomic E-state index is 12.7. The second kappa shape index (κ2) is 8.76. The lowest BCUT2D eigenvalue weighted by molar-refractivity contribution is 0.0529. The van der Waals surface area contributed by atoms with Crippen LogP contribution >= 0.6 is 11.3 Å². The van der Waals surface area contributed by atoms with Crippen molar-refractivity contribution in [3.63, 3.8) is 0 Å². The molecule has 4 rings (SSSR count).